The molecule has 2 aromatic carbocycles. The topological polar surface area (TPSA) is 291 Å². The predicted octanol–water partition coefficient (Wildman–Crippen LogP) is -2.38. The van der Waals surface area contributed by atoms with Gasteiger partial charge < -0.3 is 52.8 Å². The van der Waals surface area contributed by atoms with Crippen LogP contribution < -0.4 is 47.9 Å². The summed E-state index contributed by atoms with van der Waals surface area (Å²) in [4.78, 5) is 90.9. The number of carbonyl (C=O) groups is 7. The SMILES string of the molecule is CC(=O)N[C@@H](CCN)C(=O)N(C)[C@@H]1C(=O)N[C@@H](C)C(=O)N[C@H](C(=O)NCC#N)Cc2ccc(OCC(N)=O)c(c2)-c2cc1ccc2OCC(N)=O. The zero-order valence-electron chi connectivity index (χ0n) is 28.3. The number of amides is 7. The van der Waals surface area contributed by atoms with Gasteiger partial charge in [-0.2, -0.15) is 5.26 Å². The third-order valence-electron chi connectivity index (χ3n) is 7.67. The maximum atomic E-state index is 14.1. The molecule has 1 aliphatic rings. The van der Waals surface area contributed by atoms with Crippen LogP contribution in [-0.2, 0) is 40.0 Å². The van der Waals surface area contributed by atoms with E-state index < -0.39 is 78.7 Å². The van der Waals surface area contributed by atoms with Crippen LogP contribution in [0.3, 0.4) is 0 Å². The number of benzene rings is 2. The maximum Gasteiger partial charge on any atom is 0.255 e. The van der Waals surface area contributed by atoms with Gasteiger partial charge in [-0.15, -0.1) is 0 Å². The molecule has 0 fully saturated rings. The van der Waals surface area contributed by atoms with Crippen LogP contribution in [0.4, 0.5) is 0 Å². The molecule has 0 unspecified atom stereocenters. The average Bonchev–Trinajstić information content (AvgIpc) is 3.07. The van der Waals surface area contributed by atoms with Gasteiger partial charge >= 0.3 is 0 Å². The predicted molar refractivity (Wildman–Crippen MR) is 180 cm³/mol. The Balaban J connectivity index is 2.35. The molecular formula is C33H41N9O9. The highest BCUT2D eigenvalue weighted by Gasteiger charge is 2.35. The van der Waals surface area contributed by atoms with Crippen LogP contribution in [0.15, 0.2) is 36.4 Å². The summed E-state index contributed by atoms with van der Waals surface area (Å²) in [6, 6.07) is 5.83. The first-order valence-electron chi connectivity index (χ1n) is 15.7. The molecule has 18 nitrogen and oxygen atoms in total. The van der Waals surface area contributed by atoms with E-state index in [2.05, 4.69) is 21.3 Å². The van der Waals surface area contributed by atoms with Crippen molar-refractivity contribution in [1.29, 1.82) is 5.26 Å². The number of rotatable bonds is 13. The first kappa shape index (κ1) is 39.2. The highest BCUT2D eigenvalue weighted by atomic mass is 16.5. The van der Waals surface area contributed by atoms with Gasteiger partial charge in [0.05, 0.1) is 6.07 Å². The lowest BCUT2D eigenvalue weighted by Crippen LogP contribution is -2.56. The number of nitrogens with two attached hydrogens (primary N) is 3. The number of hydrogen-bond acceptors (Lipinski definition) is 11. The van der Waals surface area contributed by atoms with Crippen molar-refractivity contribution in [3.63, 3.8) is 0 Å². The summed E-state index contributed by atoms with van der Waals surface area (Å²) >= 11 is 0. The smallest absolute Gasteiger partial charge is 0.255 e. The highest BCUT2D eigenvalue weighted by Crippen LogP contribution is 2.40. The molecule has 0 radical (unpaired) electrons. The van der Waals surface area contributed by atoms with Crippen molar-refractivity contribution in [1.82, 2.24) is 26.2 Å². The summed E-state index contributed by atoms with van der Waals surface area (Å²) in [6.45, 7) is 1.20. The van der Waals surface area contributed by atoms with Crippen LogP contribution >= 0.6 is 0 Å². The summed E-state index contributed by atoms with van der Waals surface area (Å²) in [6.07, 6.45) is -0.0564. The van der Waals surface area contributed by atoms with Crippen molar-refractivity contribution in [2.24, 2.45) is 17.2 Å². The summed E-state index contributed by atoms with van der Waals surface area (Å²) in [5.74, 6) is -4.84. The Morgan fingerprint density at radius 2 is 1.59 bits per heavy atom. The quantitative estimate of drug-likeness (QED) is 0.108. The Kier molecular flexibility index (Phi) is 13.8. The Bertz CT molecular complexity index is 1730. The molecule has 2 aromatic rings. The van der Waals surface area contributed by atoms with Crippen LogP contribution in [0.25, 0.3) is 11.1 Å². The molecule has 0 saturated heterocycles. The monoisotopic (exact) mass is 707 g/mol. The first-order valence-corrected chi connectivity index (χ1v) is 15.7. The second kappa shape index (κ2) is 18.0. The first-order chi connectivity index (χ1) is 24.2. The molecule has 0 spiro atoms. The number of ether oxygens (including phenoxy) is 2. The van der Waals surface area contributed by atoms with Gasteiger partial charge in [0.25, 0.3) is 11.8 Å². The van der Waals surface area contributed by atoms with Crippen molar-refractivity contribution in [2.75, 3.05) is 33.4 Å². The zero-order chi connectivity index (χ0) is 37.8. The number of carbonyl (C=O) groups excluding carboxylic acids is 7. The van der Waals surface area contributed by atoms with Gasteiger partial charge in [-0.1, -0.05) is 12.1 Å². The number of likely N-dealkylation sites (N-methyl/N-ethyl adjacent to an activating group) is 1. The second-order valence-electron chi connectivity index (χ2n) is 11.6. The number of fused-ring (bicyclic) bond motifs is 5. The third kappa shape index (κ3) is 10.6. The molecule has 10 N–H and O–H groups in total. The molecule has 51 heavy (non-hydrogen) atoms. The maximum absolute atomic E-state index is 14.1. The van der Waals surface area contributed by atoms with E-state index >= 15 is 0 Å². The van der Waals surface area contributed by atoms with Crippen LogP contribution in [0.2, 0.25) is 0 Å². The molecule has 18 heteroatoms. The summed E-state index contributed by atoms with van der Waals surface area (Å²) in [7, 11) is 1.33. The average molecular weight is 708 g/mol. The number of nitrogens with zero attached hydrogens (tertiary/aromatic N) is 2. The molecule has 1 aliphatic heterocycles. The fourth-order valence-electron chi connectivity index (χ4n) is 5.33. The summed E-state index contributed by atoms with van der Waals surface area (Å²) in [5, 5.41) is 19.2. The van der Waals surface area contributed by atoms with Gasteiger partial charge in [-0.25, -0.2) is 0 Å². The van der Waals surface area contributed by atoms with Crippen molar-refractivity contribution in [2.45, 2.75) is 50.9 Å². The van der Waals surface area contributed by atoms with Crippen molar-refractivity contribution in [3.05, 3.63) is 47.5 Å². The van der Waals surface area contributed by atoms with Crippen LogP contribution in [0, 0.1) is 11.3 Å². The Labute approximate surface area is 293 Å². The van der Waals surface area contributed by atoms with Gasteiger partial charge in [0.2, 0.25) is 29.5 Å². The lowest BCUT2D eigenvalue weighted by Gasteiger charge is -2.32. The Morgan fingerprint density at radius 3 is 2.16 bits per heavy atom. The minimum atomic E-state index is -1.44. The van der Waals surface area contributed by atoms with Gasteiger partial charge in [-0.05, 0) is 55.3 Å². The third-order valence-corrected chi connectivity index (χ3v) is 7.67. The van der Waals surface area contributed by atoms with E-state index in [0.29, 0.717) is 5.56 Å². The molecule has 0 aliphatic carbocycles. The fraction of sp³-hybridized carbons (Fsp3) is 0.394. The van der Waals surface area contributed by atoms with Crippen LogP contribution in [0.5, 0.6) is 11.5 Å². The van der Waals surface area contributed by atoms with E-state index in [1.54, 1.807) is 18.2 Å². The zero-order valence-corrected chi connectivity index (χ0v) is 28.3. The van der Waals surface area contributed by atoms with Gasteiger partial charge in [0.15, 0.2) is 13.2 Å². The Hall–Kier alpha value is -6.22. The minimum absolute atomic E-state index is 0.0299. The molecule has 3 rings (SSSR count). The van der Waals surface area contributed by atoms with Crippen LogP contribution in [0.1, 0.15) is 37.4 Å². The summed E-state index contributed by atoms with van der Waals surface area (Å²) < 4.78 is 11.4. The highest BCUT2D eigenvalue weighted by molar-refractivity contribution is 5.96. The van der Waals surface area contributed by atoms with Gasteiger partial charge in [-0.3, -0.25) is 33.6 Å². The second-order valence-corrected chi connectivity index (χ2v) is 11.6. The van der Waals surface area contributed by atoms with Gasteiger partial charge in [0.1, 0.15) is 42.2 Å². The fourth-order valence-corrected chi connectivity index (χ4v) is 5.33. The van der Waals surface area contributed by atoms with Crippen LogP contribution in [-0.4, -0.2) is 97.7 Å². The minimum Gasteiger partial charge on any atom is -0.483 e. The molecule has 0 aromatic heterocycles. The number of nitriles is 1. The molecule has 1 heterocycles. The van der Waals surface area contributed by atoms with E-state index in [1.807, 2.05) is 0 Å². The molecular weight excluding hydrogens is 666 g/mol. The van der Waals surface area contributed by atoms with Crippen molar-refractivity contribution >= 4 is 41.4 Å². The lowest BCUT2D eigenvalue weighted by atomic mass is 9.93. The van der Waals surface area contributed by atoms with E-state index in [4.69, 9.17) is 31.9 Å². The van der Waals surface area contributed by atoms with Crippen molar-refractivity contribution < 1.29 is 43.0 Å². The van der Waals surface area contributed by atoms with Gasteiger partial charge in [0, 0.05) is 31.5 Å². The summed E-state index contributed by atoms with van der Waals surface area (Å²) in [5.41, 5.74) is 17.5. The Morgan fingerprint density at radius 1 is 0.980 bits per heavy atom. The largest absolute Gasteiger partial charge is 0.483 e. The van der Waals surface area contributed by atoms with E-state index in [-0.39, 0.29) is 54.1 Å². The molecule has 4 atom stereocenters. The normalized spacial score (nSPS) is 17.6. The van der Waals surface area contributed by atoms with Crippen molar-refractivity contribution in [3.8, 4) is 28.7 Å². The molecule has 4 bridgehead atoms. The van der Waals surface area contributed by atoms with E-state index in [1.165, 1.54) is 45.2 Å². The van der Waals surface area contributed by atoms with E-state index in [9.17, 15) is 33.6 Å². The standard InChI is InChI=1S/C33H41N9O9/c1-17-30(46)41-24(31(47)38-11-10-35)13-19-4-6-25(50-15-27(36)44)21(12-19)22-14-20(5-7-26(22)51-16-28(37)45)29(32(48)39-17)42(3)33(49)23(8-9-34)40-18(2)43/h4-7,12,14,17,23-24,29H,8-9,11,13,15-16,34H2,1-3H3,(H2,36,44)(H2,37,45)(H,38,47)(H,39,48)(H,40,43)(H,41,46)/t17-,23-,24-,29-/m0/s1. The lowest BCUT2D eigenvalue weighted by molar-refractivity contribution is -0.142. The number of nitrogens with one attached hydrogen (secondary N) is 4. The molecule has 272 valence electrons. The molecule has 7 amide bonds. The molecule has 0 saturated carbocycles. The van der Waals surface area contributed by atoms with E-state index in [0.717, 1.165) is 4.90 Å². The number of hydrogen-bond donors (Lipinski definition) is 7. The number of primary amides is 2.